The fraction of sp³-hybridized carbons (Fsp3) is 0.579. The Morgan fingerprint density at radius 3 is 2.93 bits per heavy atom. The van der Waals surface area contributed by atoms with Gasteiger partial charge in [0.25, 0.3) is 0 Å². The Morgan fingerprint density at radius 2 is 2.18 bits per heavy atom. The third-order valence-electron chi connectivity index (χ3n) is 6.51. The van der Waals surface area contributed by atoms with Gasteiger partial charge in [-0.05, 0) is 30.5 Å². The van der Waals surface area contributed by atoms with Crippen LogP contribution in [0.4, 0.5) is 0 Å². The highest BCUT2D eigenvalue weighted by Crippen LogP contribution is 2.54. The van der Waals surface area contributed by atoms with Gasteiger partial charge in [0.15, 0.2) is 0 Å². The SMILES string of the molecule is Cn1cc(S(=O)(=O)NC[C@H]2[C@H]3CN(Cc4ccncc4)C[C@]34CC[C@H]2O4)cn1. The van der Waals surface area contributed by atoms with E-state index < -0.39 is 10.0 Å². The van der Waals surface area contributed by atoms with E-state index in [2.05, 4.69) is 19.7 Å². The highest BCUT2D eigenvalue weighted by molar-refractivity contribution is 7.89. The van der Waals surface area contributed by atoms with Crippen molar-refractivity contribution in [1.82, 2.24) is 24.4 Å². The van der Waals surface area contributed by atoms with Crippen molar-refractivity contribution in [3.8, 4) is 0 Å². The zero-order valence-corrected chi connectivity index (χ0v) is 16.7. The van der Waals surface area contributed by atoms with Gasteiger partial charge in [-0.3, -0.25) is 14.6 Å². The molecule has 2 aromatic rings. The normalized spacial score (nSPS) is 32.1. The number of nitrogens with one attached hydrogen (secondary N) is 1. The fourth-order valence-corrected chi connectivity index (χ4v) is 6.31. The molecule has 150 valence electrons. The lowest BCUT2D eigenvalue weighted by atomic mass is 9.74. The molecule has 0 saturated carbocycles. The number of hydrogen-bond donors (Lipinski definition) is 1. The van der Waals surface area contributed by atoms with Crippen LogP contribution in [-0.2, 0) is 28.4 Å². The first-order chi connectivity index (χ1) is 13.5. The van der Waals surface area contributed by atoms with Gasteiger partial charge in [-0.25, -0.2) is 13.1 Å². The summed E-state index contributed by atoms with van der Waals surface area (Å²) in [5.41, 5.74) is 1.14. The number of nitrogens with zero attached hydrogens (tertiary/aromatic N) is 4. The van der Waals surface area contributed by atoms with Crippen molar-refractivity contribution in [2.24, 2.45) is 18.9 Å². The van der Waals surface area contributed by atoms with Gasteiger partial charge in [-0.2, -0.15) is 5.10 Å². The molecule has 0 aliphatic carbocycles. The summed E-state index contributed by atoms with van der Waals surface area (Å²) in [6.45, 7) is 3.15. The van der Waals surface area contributed by atoms with Crippen LogP contribution < -0.4 is 4.72 Å². The summed E-state index contributed by atoms with van der Waals surface area (Å²) in [4.78, 5) is 6.73. The average molecular weight is 404 g/mol. The van der Waals surface area contributed by atoms with E-state index in [9.17, 15) is 8.42 Å². The number of ether oxygens (including phenoxy) is 1. The van der Waals surface area contributed by atoms with Gasteiger partial charge in [-0.1, -0.05) is 0 Å². The van der Waals surface area contributed by atoms with Gasteiger partial charge in [0, 0.05) is 63.7 Å². The van der Waals surface area contributed by atoms with E-state index >= 15 is 0 Å². The number of likely N-dealkylation sites (tertiary alicyclic amines) is 1. The van der Waals surface area contributed by atoms with Gasteiger partial charge in [0.1, 0.15) is 4.90 Å². The highest BCUT2D eigenvalue weighted by atomic mass is 32.2. The van der Waals surface area contributed by atoms with E-state index in [0.29, 0.717) is 12.5 Å². The summed E-state index contributed by atoms with van der Waals surface area (Å²) >= 11 is 0. The van der Waals surface area contributed by atoms with Crippen LogP contribution in [0.5, 0.6) is 0 Å². The fourth-order valence-electron chi connectivity index (χ4n) is 5.25. The molecule has 3 aliphatic heterocycles. The van der Waals surface area contributed by atoms with Crippen LogP contribution in [0.15, 0.2) is 41.8 Å². The first kappa shape index (κ1) is 18.2. The number of rotatable bonds is 6. The summed E-state index contributed by atoms with van der Waals surface area (Å²) in [5, 5.41) is 3.96. The largest absolute Gasteiger partial charge is 0.370 e. The monoisotopic (exact) mass is 403 g/mol. The van der Waals surface area contributed by atoms with Crippen molar-refractivity contribution in [3.05, 3.63) is 42.5 Å². The Bertz CT molecular complexity index is 963. The third kappa shape index (κ3) is 3.06. The molecule has 0 amide bonds. The molecule has 3 fully saturated rings. The number of fused-ring (bicyclic) bond motifs is 1. The second-order valence-corrected chi connectivity index (χ2v) is 10.0. The Balaban J connectivity index is 1.28. The third-order valence-corrected chi connectivity index (χ3v) is 7.89. The molecule has 0 radical (unpaired) electrons. The highest BCUT2D eigenvalue weighted by Gasteiger charge is 2.62. The maximum atomic E-state index is 12.6. The van der Waals surface area contributed by atoms with Gasteiger partial charge >= 0.3 is 0 Å². The molecule has 1 N–H and O–H groups in total. The second kappa shape index (κ2) is 6.62. The van der Waals surface area contributed by atoms with Crippen LogP contribution >= 0.6 is 0 Å². The lowest BCUT2D eigenvalue weighted by Gasteiger charge is -2.29. The maximum absolute atomic E-state index is 12.6. The Hall–Kier alpha value is -1.81. The zero-order chi connectivity index (χ0) is 19.4. The van der Waals surface area contributed by atoms with Crippen LogP contribution in [0, 0.1) is 11.8 Å². The van der Waals surface area contributed by atoms with E-state index in [1.54, 1.807) is 7.05 Å². The first-order valence-corrected chi connectivity index (χ1v) is 11.2. The molecule has 8 nitrogen and oxygen atoms in total. The van der Waals surface area contributed by atoms with Gasteiger partial charge in [0.2, 0.25) is 10.0 Å². The van der Waals surface area contributed by atoms with E-state index in [0.717, 1.165) is 32.5 Å². The van der Waals surface area contributed by atoms with Gasteiger partial charge < -0.3 is 4.74 Å². The van der Waals surface area contributed by atoms with Crippen molar-refractivity contribution in [2.45, 2.75) is 36.0 Å². The molecule has 5 rings (SSSR count). The minimum atomic E-state index is -3.55. The number of sulfonamides is 1. The average Bonchev–Trinajstić information content (AvgIpc) is 3.41. The standard InChI is InChI=1S/C19H25N5O3S/c1-23-11-15(8-21-23)28(25,26)22-9-16-17-12-24(10-14-3-6-20-7-4-14)13-19(17)5-2-18(16)27-19/h3-4,6-8,11,16-18,22H,2,5,9-10,12-13H2,1H3/t16-,17+,18+,19+/m0/s1. The lowest BCUT2D eigenvalue weighted by Crippen LogP contribution is -2.41. The predicted molar refractivity (Wildman–Crippen MR) is 102 cm³/mol. The van der Waals surface area contributed by atoms with Crippen LogP contribution in [0.1, 0.15) is 18.4 Å². The van der Waals surface area contributed by atoms with Crippen molar-refractivity contribution in [2.75, 3.05) is 19.6 Å². The van der Waals surface area contributed by atoms with Gasteiger partial charge in [-0.15, -0.1) is 0 Å². The summed E-state index contributed by atoms with van der Waals surface area (Å²) < 4.78 is 35.9. The van der Waals surface area contributed by atoms with Crippen LogP contribution in [0.3, 0.4) is 0 Å². The second-order valence-electron chi connectivity index (χ2n) is 8.26. The number of hydrogen-bond acceptors (Lipinski definition) is 6. The van der Waals surface area contributed by atoms with Crippen molar-refractivity contribution in [3.63, 3.8) is 0 Å². The minimum absolute atomic E-state index is 0.109. The van der Waals surface area contributed by atoms with Crippen molar-refractivity contribution < 1.29 is 13.2 Å². The summed E-state index contributed by atoms with van der Waals surface area (Å²) in [6.07, 6.45) is 8.79. The molecule has 9 heteroatoms. The quantitative estimate of drug-likeness (QED) is 0.767. The zero-order valence-electron chi connectivity index (χ0n) is 15.9. The minimum Gasteiger partial charge on any atom is -0.370 e. The van der Waals surface area contributed by atoms with E-state index in [1.807, 2.05) is 24.5 Å². The number of aromatic nitrogens is 3. The molecule has 3 saturated heterocycles. The smallest absolute Gasteiger partial charge is 0.243 e. The molecule has 28 heavy (non-hydrogen) atoms. The summed E-state index contributed by atoms with van der Waals surface area (Å²) in [6, 6.07) is 4.09. The Morgan fingerprint density at radius 1 is 1.36 bits per heavy atom. The molecule has 2 bridgehead atoms. The molecule has 0 unspecified atom stereocenters. The van der Waals surface area contributed by atoms with Crippen LogP contribution in [0.2, 0.25) is 0 Å². The first-order valence-electron chi connectivity index (χ1n) is 9.73. The molecule has 1 spiro atoms. The molecule has 2 aromatic heterocycles. The molecular formula is C19H25N5O3S. The lowest BCUT2D eigenvalue weighted by molar-refractivity contribution is 0.00220. The summed E-state index contributed by atoms with van der Waals surface area (Å²) in [7, 11) is -1.84. The Kier molecular flexibility index (Phi) is 4.31. The number of pyridine rings is 1. The van der Waals surface area contributed by atoms with E-state index in [-0.39, 0.29) is 22.5 Å². The molecule has 5 heterocycles. The van der Waals surface area contributed by atoms with Gasteiger partial charge in [0.05, 0.1) is 17.9 Å². The van der Waals surface area contributed by atoms with Crippen LogP contribution in [-0.4, -0.2) is 59.4 Å². The molecule has 0 aromatic carbocycles. The summed E-state index contributed by atoms with van der Waals surface area (Å²) in [5.74, 6) is 0.576. The van der Waals surface area contributed by atoms with Crippen molar-refractivity contribution in [1.29, 1.82) is 0 Å². The molecule has 4 atom stereocenters. The van der Waals surface area contributed by atoms with E-state index in [1.165, 1.54) is 22.6 Å². The topological polar surface area (TPSA) is 89.4 Å². The molecular weight excluding hydrogens is 378 g/mol. The van der Waals surface area contributed by atoms with E-state index in [4.69, 9.17) is 4.74 Å². The van der Waals surface area contributed by atoms with Crippen LogP contribution in [0.25, 0.3) is 0 Å². The maximum Gasteiger partial charge on any atom is 0.243 e. The van der Waals surface area contributed by atoms with Crippen molar-refractivity contribution >= 4 is 10.0 Å². The number of aryl methyl sites for hydroxylation is 1. The Labute approximate surface area is 164 Å². The predicted octanol–water partition coefficient (Wildman–Crippen LogP) is 0.773. The molecule has 3 aliphatic rings.